The Morgan fingerprint density at radius 1 is 1.27 bits per heavy atom. The third-order valence-electron chi connectivity index (χ3n) is 4.46. The number of H-pyrrole nitrogens is 1. The van der Waals surface area contributed by atoms with Crippen LogP contribution in [0.15, 0.2) is 35.7 Å². The fourth-order valence-electron chi connectivity index (χ4n) is 3.05. The number of carbonyl (C=O) groups is 1. The summed E-state index contributed by atoms with van der Waals surface area (Å²) in [5.74, 6) is -0.975. The Hall–Kier alpha value is -2.03. The number of aromatic amines is 1. The molecular weight excluding hydrogens is 365 g/mol. The van der Waals surface area contributed by atoms with E-state index in [1.54, 1.807) is 12.1 Å². The van der Waals surface area contributed by atoms with E-state index >= 15 is 0 Å². The number of benzene rings is 1. The number of halogens is 3. The van der Waals surface area contributed by atoms with Crippen molar-refractivity contribution in [2.75, 3.05) is 0 Å². The second kappa shape index (κ2) is 8.11. The highest BCUT2D eigenvalue weighted by atomic mass is 32.2. The van der Waals surface area contributed by atoms with E-state index in [4.69, 9.17) is 0 Å². The fraction of sp³-hybridized carbons (Fsp3) is 0.471. The Morgan fingerprint density at radius 2 is 2.04 bits per heavy atom. The molecule has 0 bridgehead atoms. The molecule has 1 aromatic carbocycles. The van der Waals surface area contributed by atoms with E-state index in [1.807, 2.05) is 12.1 Å². The molecule has 1 heterocycles. The first-order valence-corrected chi connectivity index (χ1v) is 9.35. The van der Waals surface area contributed by atoms with Crippen molar-refractivity contribution >= 4 is 17.7 Å². The molecule has 2 N–H and O–H groups in total. The molecule has 1 aromatic heterocycles. The van der Waals surface area contributed by atoms with Gasteiger partial charge in [0.1, 0.15) is 6.33 Å². The molecule has 1 saturated carbocycles. The van der Waals surface area contributed by atoms with Crippen LogP contribution < -0.4 is 5.32 Å². The summed E-state index contributed by atoms with van der Waals surface area (Å²) in [5.41, 5.74) is 1.46. The molecule has 1 fully saturated rings. The maximum absolute atomic E-state index is 12.9. The van der Waals surface area contributed by atoms with Gasteiger partial charge in [-0.15, -0.1) is 0 Å². The van der Waals surface area contributed by atoms with Gasteiger partial charge in [0.05, 0.1) is 5.92 Å². The molecule has 0 saturated heterocycles. The topological polar surface area (TPSA) is 70.7 Å². The van der Waals surface area contributed by atoms with E-state index in [9.17, 15) is 18.0 Å². The summed E-state index contributed by atoms with van der Waals surface area (Å²) >= 11 is 1.49. The summed E-state index contributed by atoms with van der Waals surface area (Å²) in [6, 6.07) is 6.62. The van der Waals surface area contributed by atoms with Crippen LogP contribution in [0.25, 0.3) is 0 Å². The third-order valence-corrected chi connectivity index (χ3v) is 5.40. The molecule has 140 valence electrons. The Labute approximate surface area is 153 Å². The molecule has 1 aliphatic carbocycles. The predicted molar refractivity (Wildman–Crippen MR) is 91.7 cm³/mol. The largest absolute Gasteiger partial charge is 0.391 e. The van der Waals surface area contributed by atoms with Crippen molar-refractivity contribution in [1.29, 1.82) is 0 Å². The third kappa shape index (κ3) is 5.00. The molecule has 0 aliphatic heterocycles. The predicted octanol–water partition coefficient (Wildman–Crippen LogP) is 3.95. The van der Waals surface area contributed by atoms with Crippen molar-refractivity contribution in [2.24, 2.45) is 5.92 Å². The van der Waals surface area contributed by atoms with Crippen LogP contribution >= 0.6 is 11.8 Å². The molecular formula is C17H19F3N4OS. The summed E-state index contributed by atoms with van der Waals surface area (Å²) in [4.78, 5) is 16.3. The first-order valence-electron chi connectivity index (χ1n) is 8.36. The summed E-state index contributed by atoms with van der Waals surface area (Å²) < 4.78 is 38.6. The van der Waals surface area contributed by atoms with Gasteiger partial charge in [-0.3, -0.25) is 9.89 Å². The van der Waals surface area contributed by atoms with Crippen LogP contribution in [-0.4, -0.2) is 33.3 Å². The van der Waals surface area contributed by atoms with Gasteiger partial charge >= 0.3 is 6.18 Å². The van der Waals surface area contributed by atoms with Gasteiger partial charge in [0.25, 0.3) is 5.91 Å². The lowest BCUT2D eigenvalue weighted by atomic mass is 9.85. The number of amides is 1. The van der Waals surface area contributed by atoms with Gasteiger partial charge in [-0.2, -0.15) is 18.3 Å². The summed E-state index contributed by atoms with van der Waals surface area (Å²) in [6.07, 6.45) is -1.58. The van der Waals surface area contributed by atoms with E-state index in [2.05, 4.69) is 20.5 Å². The zero-order valence-corrected chi connectivity index (χ0v) is 14.7. The summed E-state index contributed by atoms with van der Waals surface area (Å²) in [6.45, 7) is 0. The van der Waals surface area contributed by atoms with Gasteiger partial charge in [0.2, 0.25) is 0 Å². The lowest BCUT2D eigenvalue weighted by Crippen LogP contribution is -2.41. The number of alkyl halides is 3. The number of nitrogens with zero attached hydrogens (tertiary/aromatic N) is 2. The molecule has 1 aliphatic rings. The average molecular weight is 384 g/mol. The summed E-state index contributed by atoms with van der Waals surface area (Å²) in [7, 11) is 0. The van der Waals surface area contributed by atoms with E-state index < -0.39 is 18.1 Å². The van der Waals surface area contributed by atoms with Crippen LogP contribution in [-0.2, 0) is 5.75 Å². The minimum absolute atomic E-state index is 0.0405. The molecule has 0 radical (unpaired) electrons. The van der Waals surface area contributed by atoms with E-state index in [1.165, 1.54) is 18.1 Å². The van der Waals surface area contributed by atoms with Crippen molar-refractivity contribution in [3.05, 3.63) is 41.7 Å². The van der Waals surface area contributed by atoms with Crippen molar-refractivity contribution in [1.82, 2.24) is 20.5 Å². The van der Waals surface area contributed by atoms with Crippen molar-refractivity contribution in [3.63, 3.8) is 0 Å². The Balaban J connectivity index is 1.53. The first-order chi connectivity index (χ1) is 12.4. The van der Waals surface area contributed by atoms with Gasteiger partial charge in [-0.25, -0.2) is 4.98 Å². The molecule has 2 aromatic rings. The van der Waals surface area contributed by atoms with Crippen LogP contribution in [0.4, 0.5) is 13.2 Å². The highest BCUT2D eigenvalue weighted by molar-refractivity contribution is 7.98. The monoisotopic (exact) mass is 384 g/mol. The molecule has 26 heavy (non-hydrogen) atoms. The second-order valence-electron chi connectivity index (χ2n) is 6.35. The van der Waals surface area contributed by atoms with E-state index in [0.717, 1.165) is 5.56 Å². The average Bonchev–Trinajstić information content (AvgIpc) is 3.13. The number of rotatable bonds is 5. The van der Waals surface area contributed by atoms with Gasteiger partial charge in [-0.05, 0) is 37.0 Å². The normalized spacial score (nSPS) is 20.7. The van der Waals surface area contributed by atoms with Gasteiger partial charge in [0.15, 0.2) is 5.16 Å². The number of hydrogen-bond donors (Lipinski definition) is 2. The Morgan fingerprint density at radius 3 is 2.69 bits per heavy atom. The number of carbonyl (C=O) groups excluding carboxylic acids is 1. The van der Waals surface area contributed by atoms with Crippen LogP contribution in [0.2, 0.25) is 0 Å². The van der Waals surface area contributed by atoms with Gasteiger partial charge in [0, 0.05) is 17.4 Å². The highest BCUT2D eigenvalue weighted by Crippen LogP contribution is 2.37. The molecule has 3 rings (SSSR count). The molecule has 0 unspecified atom stereocenters. The fourth-order valence-corrected chi connectivity index (χ4v) is 3.79. The van der Waals surface area contributed by atoms with Gasteiger partial charge < -0.3 is 5.32 Å². The van der Waals surface area contributed by atoms with Gasteiger partial charge in [-0.1, -0.05) is 30.3 Å². The van der Waals surface area contributed by atoms with E-state index in [-0.39, 0.29) is 18.7 Å². The van der Waals surface area contributed by atoms with Crippen LogP contribution in [0, 0.1) is 5.92 Å². The number of nitrogens with one attached hydrogen (secondary N) is 2. The lowest BCUT2D eigenvalue weighted by Gasteiger charge is -2.31. The SMILES string of the molecule is O=C(N[C@H]1CCC[C@@H](C(F)(F)F)C1)c1ccc(CSc2ncn[nH]2)cc1. The number of thioether (sulfide) groups is 1. The van der Waals surface area contributed by atoms with Crippen molar-refractivity contribution in [2.45, 2.75) is 48.8 Å². The zero-order chi connectivity index (χ0) is 18.6. The van der Waals surface area contributed by atoms with Crippen LogP contribution in [0.5, 0.6) is 0 Å². The van der Waals surface area contributed by atoms with Crippen molar-refractivity contribution < 1.29 is 18.0 Å². The standard InChI is InChI=1S/C17H19F3N4OS/c18-17(19,20)13-2-1-3-14(8-13)23-15(25)12-6-4-11(5-7-12)9-26-16-21-10-22-24-16/h4-7,10,13-14H,1-3,8-9H2,(H,23,25)(H,21,22,24)/t13-,14+/m1/s1. The summed E-state index contributed by atoms with van der Waals surface area (Å²) in [5, 5.41) is 9.98. The Bertz CT molecular complexity index is 719. The lowest BCUT2D eigenvalue weighted by molar-refractivity contribution is -0.183. The number of aromatic nitrogens is 3. The second-order valence-corrected chi connectivity index (χ2v) is 7.32. The minimum atomic E-state index is -4.19. The smallest absolute Gasteiger partial charge is 0.349 e. The quantitative estimate of drug-likeness (QED) is 0.766. The highest BCUT2D eigenvalue weighted by Gasteiger charge is 2.42. The molecule has 1 amide bonds. The van der Waals surface area contributed by atoms with E-state index in [0.29, 0.717) is 29.3 Å². The molecule has 5 nitrogen and oxygen atoms in total. The molecule has 9 heteroatoms. The minimum Gasteiger partial charge on any atom is -0.349 e. The van der Waals surface area contributed by atoms with Crippen LogP contribution in [0.1, 0.15) is 41.6 Å². The molecule has 2 atom stereocenters. The maximum Gasteiger partial charge on any atom is 0.391 e. The Kier molecular flexibility index (Phi) is 5.85. The molecule has 0 spiro atoms. The zero-order valence-electron chi connectivity index (χ0n) is 13.9. The number of hydrogen-bond acceptors (Lipinski definition) is 4. The first kappa shape index (κ1) is 18.8. The maximum atomic E-state index is 12.9. The van der Waals surface area contributed by atoms with Crippen LogP contribution in [0.3, 0.4) is 0 Å². The van der Waals surface area contributed by atoms with Crippen molar-refractivity contribution in [3.8, 4) is 0 Å².